The Hall–Kier alpha value is -3.32. The summed E-state index contributed by atoms with van der Waals surface area (Å²) in [6.45, 7) is 14.1. The van der Waals surface area contributed by atoms with E-state index >= 15 is 0 Å². The van der Waals surface area contributed by atoms with Crippen molar-refractivity contribution in [3.05, 3.63) is 135 Å². The van der Waals surface area contributed by atoms with Gasteiger partial charge in [0.1, 0.15) is 5.75 Å². The Bertz CT molecular complexity index is 1650. The van der Waals surface area contributed by atoms with Gasteiger partial charge in [-0.3, -0.25) is 0 Å². The molecule has 0 aliphatic carbocycles. The summed E-state index contributed by atoms with van der Waals surface area (Å²) in [5.41, 5.74) is 12.9. The monoisotopic (exact) mass is 743 g/mol. The molecule has 0 aromatic heterocycles. The number of benzene rings is 4. The number of aromatic hydroxyl groups is 1. The molecule has 1 N–H and O–H groups in total. The van der Waals surface area contributed by atoms with Crippen LogP contribution in [0, 0.1) is 0 Å². The van der Waals surface area contributed by atoms with Gasteiger partial charge in [0.25, 0.3) is 0 Å². The summed E-state index contributed by atoms with van der Waals surface area (Å²) < 4.78 is 0. The van der Waals surface area contributed by atoms with Crippen LogP contribution in [0.1, 0.15) is 206 Å². The third kappa shape index (κ3) is 14.3. The summed E-state index contributed by atoms with van der Waals surface area (Å²) in [6, 6.07) is 31.9. The fourth-order valence-corrected chi connectivity index (χ4v) is 9.16. The fraction of sp³-hybridized carbons (Fsp3) is 0.556. The van der Waals surface area contributed by atoms with Gasteiger partial charge in [-0.1, -0.05) is 197 Å². The van der Waals surface area contributed by atoms with Crippen LogP contribution in [-0.4, -0.2) is 5.11 Å². The number of hydrogen-bond donors (Lipinski definition) is 1. The molecule has 0 heterocycles. The molecular weight excluding hydrogens is 665 g/mol. The second-order valence-corrected chi connectivity index (χ2v) is 17.1. The molecule has 0 spiro atoms. The molecule has 0 radical (unpaired) electrons. The molecule has 3 unspecified atom stereocenters. The number of phenols is 1. The SMILES string of the molecule is CCCCCCCc1ccccc1C(C)Cc1ccc(O)c(CC(C)c2ccccc2CCCCCCC)c1CC(C)c1ccccc1CCCCCCC. The predicted molar refractivity (Wildman–Crippen MR) is 241 cm³/mol. The first kappa shape index (κ1) is 44.4. The average Bonchev–Trinajstić information content (AvgIpc) is 3.20. The topological polar surface area (TPSA) is 20.2 Å². The van der Waals surface area contributed by atoms with E-state index < -0.39 is 0 Å². The van der Waals surface area contributed by atoms with Gasteiger partial charge in [-0.2, -0.15) is 0 Å². The van der Waals surface area contributed by atoms with Crippen LogP contribution in [0.2, 0.25) is 0 Å². The summed E-state index contributed by atoms with van der Waals surface area (Å²) in [4.78, 5) is 0. The van der Waals surface area contributed by atoms with Crippen molar-refractivity contribution in [2.24, 2.45) is 0 Å². The molecule has 0 fully saturated rings. The molecule has 4 aromatic carbocycles. The zero-order valence-electron chi connectivity index (χ0n) is 36.1. The highest BCUT2D eigenvalue weighted by atomic mass is 16.3. The Morgan fingerprint density at radius 3 is 1.11 bits per heavy atom. The molecule has 4 aromatic rings. The van der Waals surface area contributed by atoms with Crippen molar-refractivity contribution in [2.75, 3.05) is 0 Å². The van der Waals surface area contributed by atoms with Crippen LogP contribution in [0.4, 0.5) is 0 Å². The van der Waals surface area contributed by atoms with E-state index in [1.807, 2.05) is 6.07 Å². The van der Waals surface area contributed by atoms with Gasteiger partial charge in [-0.05, 0) is 132 Å². The lowest BCUT2D eigenvalue weighted by Gasteiger charge is -2.26. The highest BCUT2D eigenvalue weighted by Gasteiger charge is 2.23. The Kier molecular flexibility index (Phi) is 20.2. The van der Waals surface area contributed by atoms with Crippen molar-refractivity contribution in [1.82, 2.24) is 0 Å². The molecule has 0 aliphatic rings. The molecule has 0 bridgehead atoms. The van der Waals surface area contributed by atoms with E-state index in [1.165, 1.54) is 153 Å². The zero-order chi connectivity index (χ0) is 39.3. The summed E-state index contributed by atoms with van der Waals surface area (Å²) in [5.74, 6) is 1.56. The van der Waals surface area contributed by atoms with Gasteiger partial charge in [-0.25, -0.2) is 0 Å². The van der Waals surface area contributed by atoms with Crippen molar-refractivity contribution in [3.8, 4) is 5.75 Å². The molecular formula is C54H78O. The maximum atomic E-state index is 11.8. The fourth-order valence-electron chi connectivity index (χ4n) is 9.16. The highest BCUT2D eigenvalue weighted by Crippen LogP contribution is 2.38. The normalized spacial score (nSPS) is 13.2. The van der Waals surface area contributed by atoms with E-state index in [2.05, 4.69) is 120 Å². The van der Waals surface area contributed by atoms with Gasteiger partial charge in [0.05, 0.1) is 0 Å². The van der Waals surface area contributed by atoms with E-state index in [0.717, 1.165) is 32.1 Å². The maximum absolute atomic E-state index is 11.8. The van der Waals surface area contributed by atoms with Crippen molar-refractivity contribution in [1.29, 1.82) is 0 Å². The zero-order valence-corrected chi connectivity index (χ0v) is 36.1. The van der Waals surface area contributed by atoms with Crippen molar-refractivity contribution in [2.45, 2.75) is 194 Å². The highest BCUT2D eigenvalue weighted by molar-refractivity contribution is 5.48. The Balaban J connectivity index is 1.66. The van der Waals surface area contributed by atoms with Gasteiger partial charge < -0.3 is 5.11 Å². The van der Waals surface area contributed by atoms with Crippen molar-refractivity contribution < 1.29 is 5.11 Å². The van der Waals surface area contributed by atoms with E-state index in [4.69, 9.17) is 0 Å². The van der Waals surface area contributed by atoms with Gasteiger partial charge in [0.15, 0.2) is 0 Å². The van der Waals surface area contributed by atoms with Crippen molar-refractivity contribution in [3.63, 3.8) is 0 Å². The molecule has 55 heavy (non-hydrogen) atoms. The number of phenolic OH excluding ortho intramolecular Hbond substituents is 1. The molecule has 300 valence electrons. The average molecular weight is 743 g/mol. The Morgan fingerprint density at radius 2 is 0.709 bits per heavy atom. The molecule has 0 aliphatic heterocycles. The van der Waals surface area contributed by atoms with Crippen LogP contribution in [0.5, 0.6) is 5.75 Å². The van der Waals surface area contributed by atoms with Crippen LogP contribution < -0.4 is 0 Å². The molecule has 0 saturated heterocycles. The minimum Gasteiger partial charge on any atom is -0.508 e. The van der Waals surface area contributed by atoms with Crippen molar-refractivity contribution >= 4 is 0 Å². The lowest BCUT2D eigenvalue weighted by atomic mass is 9.79. The Morgan fingerprint density at radius 1 is 0.364 bits per heavy atom. The van der Waals surface area contributed by atoms with Gasteiger partial charge in [0, 0.05) is 0 Å². The second-order valence-electron chi connectivity index (χ2n) is 17.1. The first-order chi connectivity index (χ1) is 26.9. The van der Waals surface area contributed by atoms with Crippen LogP contribution in [0.15, 0.2) is 84.9 Å². The molecule has 3 atom stereocenters. The minimum absolute atomic E-state index is 0.323. The number of unbranched alkanes of at least 4 members (excludes halogenated alkanes) is 12. The number of hydrogen-bond acceptors (Lipinski definition) is 1. The first-order valence-corrected chi connectivity index (χ1v) is 22.9. The number of rotatable bonds is 27. The lowest BCUT2D eigenvalue weighted by Crippen LogP contribution is -2.12. The third-order valence-electron chi connectivity index (χ3n) is 12.5. The molecule has 1 nitrogen and oxygen atoms in total. The summed E-state index contributed by atoms with van der Waals surface area (Å²) in [6.07, 6.45) is 25.9. The predicted octanol–water partition coefficient (Wildman–Crippen LogP) is 16.0. The van der Waals surface area contributed by atoms with Gasteiger partial charge >= 0.3 is 0 Å². The van der Waals surface area contributed by atoms with E-state index in [1.54, 1.807) is 0 Å². The first-order valence-electron chi connectivity index (χ1n) is 22.9. The molecule has 4 rings (SSSR count). The quantitative estimate of drug-likeness (QED) is 0.0603. The van der Waals surface area contributed by atoms with Gasteiger partial charge in [0.2, 0.25) is 0 Å². The van der Waals surface area contributed by atoms with Crippen LogP contribution >= 0.6 is 0 Å². The van der Waals surface area contributed by atoms with E-state index in [-0.39, 0.29) is 0 Å². The van der Waals surface area contributed by atoms with Gasteiger partial charge in [-0.15, -0.1) is 0 Å². The van der Waals surface area contributed by atoms with Crippen LogP contribution in [-0.2, 0) is 38.5 Å². The Labute approximate surface area is 338 Å². The minimum atomic E-state index is 0.323. The largest absolute Gasteiger partial charge is 0.508 e. The molecule has 0 amide bonds. The summed E-state index contributed by atoms with van der Waals surface area (Å²) in [5, 5.41) is 11.8. The maximum Gasteiger partial charge on any atom is 0.119 e. The molecule has 0 saturated carbocycles. The lowest BCUT2D eigenvalue weighted by molar-refractivity contribution is 0.463. The van der Waals surface area contributed by atoms with Crippen LogP contribution in [0.25, 0.3) is 0 Å². The third-order valence-corrected chi connectivity index (χ3v) is 12.5. The molecule has 1 heteroatoms. The van der Waals surface area contributed by atoms with E-state index in [0.29, 0.717) is 23.5 Å². The second kappa shape index (κ2) is 25.0. The van der Waals surface area contributed by atoms with Crippen LogP contribution in [0.3, 0.4) is 0 Å². The summed E-state index contributed by atoms with van der Waals surface area (Å²) >= 11 is 0. The standard InChI is InChI=1S/C54H78O/c1-7-10-13-16-19-28-45-31-22-25-34-49(45)42(4)39-48-37-38-54(55)53(41-44(6)51-36-27-24-33-47(51)30-21-18-15-12-9-3)52(48)40-43(5)50-35-26-23-32-46(50)29-20-17-14-11-8-2/h22-27,31-38,42-44,55H,7-21,28-30,39-41H2,1-6H3. The summed E-state index contributed by atoms with van der Waals surface area (Å²) in [7, 11) is 0. The van der Waals surface area contributed by atoms with E-state index in [9.17, 15) is 5.11 Å². The smallest absolute Gasteiger partial charge is 0.119 e. The number of aryl methyl sites for hydroxylation is 3.